The van der Waals surface area contributed by atoms with Crippen LogP contribution in [0.4, 0.5) is 21.6 Å². The lowest BCUT2D eigenvalue weighted by Crippen LogP contribution is -2.15. The van der Waals surface area contributed by atoms with Crippen LogP contribution < -0.4 is 10.6 Å². The van der Waals surface area contributed by atoms with Gasteiger partial charge in [0.1, 0.15) is 11.6 Å². The third kappa shape index (κ3) is 3.95. The van der Waals surface area contributed by atoms with E-state index < -0.39 is 0 Å². The number of carbonyl (C=O) groups excluding carboxylic acids is 1. The van der Waals surface area contributed by atoms with E-state index in [-0.39, 0.29) is 18.1 Å². The van der Waals surface area contributed by atoms with Crippen LogP contribution in [0.25, 0.3) is 10.9 Å². The van der Waals surface area contributed by atoms with Gasteiger partial charge in [-0.25, -0.2) is 9.37 Å². The van der Waals surface area contributed by atoms with E-state index in [0.29, 0.717) is 5.82 Å². The van der Waals surface area contributed by atoms with Crippen molar-refractivity contribution < 1.29 is 9.18 Å². The minimum absolute atomic E-state index is 0.133. The second-order valence-electron chi connectivity index (χ2n) is 6.15. The van der Waals surface area contributed by atoms with Gasteiger partial charge < -0.3 is 15.6 Å². The van der Waals surface area contributed by atoms with Crippen molar-refractivity contribution in [1.82, 2.24) is 9.97 Å². The molecule has 0 saturated heterocycles. The molecule has 0 atom stereocenters. The molecule has 0 aliphatic rings. The molecule has 0 aliphatic carbocycles. The topological polar surface area (TPSA) is 69.8 Å². The standard InChI is InChI=1S/C21H17FN4O/c22-15-5-7-16(8-6-15)25-17-9-10-20(24-13-17)26-21(27)11-14-12-23-19-4-2-1-3-18(14)19/h1-10,12-13,23,25H,11H2,(H,24,26,27). The highest BCUT2D eigenvalue weighted by atomic mass is 19.1. The maximum Gasteiger partial charge on any atom is 0.230 e. The number of aromatic nitrogens is 2. The summed E-state index contributed by atoms with van der Waals surface area (Å²) >= 11 is 0. The number of aromatic amines is 1. The van der Waals surface area contributed by atoms with Crippen molar-refractivity contribution in [2.24, 2.45) is 0 Å². The maximum absolute atomic E-state index is 12.9. The van der Waals surface area contributed by atoms with Gasteiger partial charge in [0, 0.05) is 22.8 Å². The summed E-state index contributed by atoms with van der Waals surface area (Å²) in [5.74, 6) is 0.0583. The summed E-state index contributed by atoms with van der Waals surface area (Å²) in [4.78, 5) is 19.7. The lowest BCUT2D eigenvalue weighted by Gasteiger charge is -2.08. The van der Waals surface area contributed by atoms with Crippen LogP contribution in [0.3, 0.4) is 0 Å². The molecule has 0 spiro atoms. The monoisotopic (exact) mass is 360 g/mol. The van der Waals surface area contributed by atoms with Gasteiger partial charge in [-0.1, -0.05) is 18.2 Å². The molecule has 0 radical (unpaired) electrons. The summed E-state index contributed by atoms with van der Waals surface area (Å²) in [5, 5.41) is 6.97. The maximum atomic E-state index is 12.9. The molecule has 0 saturated carbocycles. The zero-order valence-electron chi connectivity index (χ0n) is 14.4. The molecule has 134 valence electrons. The van der Waals surface area contributed by atoms with Crippen LogP contribution in [0.2, 0.25) is 0 Å². The Kier molecular flexibility index (Phi) is 4.53. The number of fused-ring (bicyclic) bond motifs is 1. The van der Waals surface area contributed by atoms with E-state index in [2.05, 4.69) is 20.6 Å². The van der Waals surface area contributed by atoms with Gasteiger partial charge in [0.2, 0.25) is 5.91 Å². The van der Waals surface area contributed by atoms with E-state index in [4.69, 9.17) is 0 Å². The summed E-state index contributed by atoms with van der Waals surface area (Å²) in [5.41, 5.74) is 3.46. The van der Waals surface area contributed by atoms with Crippen molar-refractivity contribution in [3.8, 4) is 0 Å². The zero-order chi connectivity index (χ0) is 18.6. The molecule has 4 aromatic rings. The van der Waals surface area contributed by atoms with Crippen molar-refractivity contribution in [3.63, 3.8) is 0 Å². The van der Waals surface area contributed by atoms with Gasteiger partial charge in [0.05, 0.1) is 18.3 Å². The van der Waals surface area contributed by atoms with Crippen molar-refractivity contribution in [2.75, 3.05) is 10.6 Å². The first-order valence-corrected chi connectivity index (χ1v) is 8.51. The van der Waals surface area contributed by atoms with Crippen molar-refractivity contribution in [2.45, 2.75) is 6.42 Å². The number of anilines is 3. The Bertz CT molecular complexity index is 1070. The van der Waals surface area contributed by atoms with Gasteiger partial charge in [-0.15, -0.1) is 0 Å². The number of H-pyrrole nitrogens is 1. The first-order chi connectivity index (χ1) is 13.2. The molecule has 2 heterocycles. The lowest BCUT2D eigenvalue weighted by atomic mass is 10.1. The van der Waals surface area contributed by atoms with E-state index in [0.717, 1.165) is 27.8 Å². The quantitative estimate of drug-likeness (QED) is 0.486. The molecule has 2 aromatic carbocycles. The molecule has 2 aromatic heterocycles. The number of rotatable bonds is 5. The largest absolute Gasteiger partial charge is 0.361 e. The Labute approximate surface area is 155 Å². The number of halogens is 1. The molecular weight excluding hydrogens is 343 g/mol. The van der Waals surface area contributed by atoms with Crippen LogP contribution in [0.15, 0.2) is 73.1 Å². The van der Waals surface area contributed by atoms with Crippen LogP contribution in [0, 0.1) is 5.82 Å². The van der Waals surface area contributed by atoms with Gasteiger partial charge in [-0.2, -0.15) is 0 Å². The van der Waals surface area contributed by atoms with Crippen LogP contribution >= 0.6 is 0 Å². The van der Waals surface area contributed by atoms with Gasteiger partial charge in [-0.05, 0) is 48.0 Å². The molecule has 3 N–H and O–H groups in total. The van der Waals surface area contributed by atoms with Gasteiger partial charge in [0.25, 0.3) is 0 Å². The zero-order valence-corrected chi connectivity index (χ0v) is 14.4. The van der Waals surface area contributed by atoms with Crippen LogP contribution in [0.1, 0.15) is 5.56 Å². The molecule has 0 aliphatic heterocycles. The third-order valence-corrected chi connectivity index (χ3v) is 4.19. The van der Waals surface area contributed by atoms with Gasteiger partial charge >= 0.3 is 0 Å². The highest BCUT2D eigenvalue weighted by Crippen LogP contribution is 2.20. The fourth-order valence-corrected chi connectivity index (χ4v) is 2.88. The van der Waals surface area contributed by atoms with Crippen molar-refractivity contribution >= 4 is 34.0 Å². The molecule has 4 rings (SSSR count). The Hall–Kier alpha value is -3.67. The number of para-hydroxylation sites is 1. The first kappa shape index (κ1) is 16.8. The van der Waals surface area contributed by atoms with E-state index in [1.54, 1.807) is 30.5 Å². The molecule has 0 fully saturated rings. The summed E-state index contributed by atoms with van der Waals surface area (Å²) < 4.78 is 12.9. The fraction of sp³-hybridized carbons (Fsp3) is 0.0476. The predicted octanol–water partition coefficient (Wildman–Crippen LogP) is 4.63. The van der Waals surface area contributed by atoms with Gasteiger partial charge in [-0.3, -0.25) is 4.79 Å². The highest BCUT2D eigenvalue weighted by molar-refractivity contribution is 5.95. The SMILES string of the molecule is O=C(Cc1c[nH]c2ccccc12)Nc1ccc(Nc2ccc(F)cc2)cn1. The summed E-state index contributed by atoms with van der Waals surface area (Å²) in [6.45, 7) is 0. The number of pyridine rings is 1. The second kappa shape index (κ2) is 7.29. The second-order valence-corrected chi connectivity index (χ2v) is 6.15. The third-order valence-electron chi connectivity index (χ3n) is 4.19. The van der Waals surface area contributed by atoms with E-state index in [1.165, 1.54) is 12.1 Å². The number of nitrogens with zero attached hydrogens (tertiary/aromatic N) is 1. The Morgan fingerprint density at radius 2 is 1.78 bits per heavy atom. The smallest absolute Gasteiger partial charge is 0.230 e. The van der Waals surface area contributed by atoms with Crippen molar-refractivity contribution in [1.29, 1.82) is 0 Å². The number of benzene rings is 2. The summed E-state index contributed by atoms with van der Waals surface area (Å²) in [6, 6.07) is 17.5. The minimum Gasteiger partial charge on any atom is -0.361 e. The average molecular weight is 360 g/mol. The van der Waals surface area contributed by atoms with E-state index in [1.807, 2.05) is 30.5 Å². The van der Waals surface area contributed by atoms with Crippen LogP contribution in [-0.4, -0.2) is 15.9 Å². The highest BCUT2D eigenvalue weighted by Gasteiger charge is 2.09. The number of hydrogen-bond acceptors (Lipinski definition) is 3. The molecule has 6 heteroatoms. The number of hydrogen-bond donors (Lipinski definition) is 3. The molecular formula is C21H17FN4O. The predicted molar refractivity (Wildman–Crippen MR) is 105 cm³/mol. The molecule has 5 nitrogen and oxygen atoms in total. The molecule has 0 bridgehead atoms. The molecule has 0 unspecified atom stereocenters. The minimum atomic E-state index is -0.285. The first-order valence-electron chi connectivity index (χ1n) is 8.51. The lowest BCUT2D eigenvalue weighted by molar-refractivity contribution is -0.115. The average Bonchev–Trinajstić information content (AvgIpc) is 3.08. The van der Waals surface area contributed by atoms with E-state index >= 15 is 0 Å². The summed E-state index contributed by atoms with van der Waals surface area (Å²) in [7, 11) is 0. The van der Waals surface area contributed by atoms with Gasteiger partial charge in [0.15, 0.2) is 0 Å². The van der Waals surface area contributed by atoms with Crippen molar-refractivity contribution in [3.05, 3.63) is 84.4 Å². The summed E-state index contributed by atoms with van der Waals surface area (Å²) in [6.07, 6.45) is 3.74. The normalized spacial score (nSPS) is 10.7. The molecule has 1 amide bonds. The Morgan fingerprint density at radius 1 is 1.00 bits per heavy atom. The van der Waals surface area contributed by atoms with E-state index in [9.17, 15) is 9.18 Å². The van der Waals surface area contributed by atoms with Crippen LogP contribution in [0.5, 0.6) is 0 Å². The molecule has 27 heavy (non-hydrogen) atoms. The number of amides is 1. The Balaban J connectivity index is 1.39. The Morgan fingerprint density at radius 3 is 2.56 bits per heavy atom. The van der Waals surface area contributed by atoms with Crippen LogP contribution in [-0.2, 0) is 11.2 Å². The number of nitrogens with one attached hydrogen (secondary N) is 3. The fourth-order valence-electron chi connectivity index (χ4n) is 2.88. The number of carbonyl (C=O) groups is 1.